The number of aryl methyl sites for hydroxylation is 2. The molecule has 0 fully saturated rings. The molecule has 8 nitrogen and oxygen atoms in total. The van der Waals surface area contributed by atoms with Crippen LogP contribution in [0.5, 0.6) is 5.75 Å². The molecule has 4 aromatic rings. The number of halogens is 1. The molecule has 0 saturated heterocycles. The van der Waals surface area contributed by atoms with Gasteiger partial charge in [0.1, 0.15) is 11.6 Å². The number of nitrogens with zero attached hydrogens (tertiary/aromatic N) is 4. The Morgan fingerprint density at radius 2 is 1.71 bits per heavy atom. The van der Waals surface area contributed by atoms with Crippen molar-refractivity contribution >= 4 is 5.95 Å². The lowest BCUT2D eigenvalue weighted by Crippen LogP contribution is -2.43. The van der Waals surface area contributed by atoms with Crippen LogP contribution in [0.2, 0.25) is 0 Å². The molecule has 9 heteroatoms. The van der Waals surface area contributed by atoms with Gasteiger partial charge in [-0.2, -0.15) is 4.98 Å². The van der Waals surface area contributed by atoms with Crippen LogP contribution in [0.25, 0.3) is 0 Å². The lowest BCUT2D eigenvalue weighted by Gasteiger charge is -2.16. The van der Waals surface area contributed by atoms with E-state index in [4.69, 9.17) is 4.74 Å². The van der Waals surface area contributed by atoms with Crippen LogP contribution < -0.4 is 21.4 Å². The summed E-state index contributed by atoms with van der Waals surface area (Å²) in [5, 5.41) is 3.13. The van der Waals surface area contributed by atoms with E-state index in [0.717, 1.165) is 27.0 Å². The SMILES string of the molecule is COc1ccc(Cn2c(NCc3cnc(C)cc3C)nc(=O)n(Cc3cccc(F)c3)c2=O)cc1. The predicted octanol–water partition coefficient (Wildman–Crippen LogP) is 3.27. The van der Waals surface area contributed by atoms with Crippen LogP contribution in [0.15, 0.2) is 70.4 Å². The van der Waals surface area contributed by atoms with Crippen LogP contribution in [0.4, 0.5) is 10.3 Å². The molecule has 0 atom stereocenters. The molecule has 0 radical (unpaired) electrons. The Labute approximate surface area is 201 Å². The molecule has 180 valence electrons. The Balaban J connectivity index is 1.73. The van der Waals surface area contributed by atoms with E-state index in [-0.39, 0.29) is 19.0 Å². The smallest absolute Gasteiger partial charge is 0.355 e. The molecule has 2 aromatic heterocycles. The molecule has 0 amide bonds. The highest BCUT2D eigenvalue weighted by Gasteiger charge is 2.15. The van der Waals surface area contributed by atoms with Crippen molar-refractivity contribution in [2.24, 2.45) is 0 Å². The summed E-state index contributed by atoms with van der Waals surface area (Å²) in [5.41, 5.74) is 2.91. The third kappa shape index (κ3) is 5.63. The topological polar surface area (TPSA) is 91.0 Å². The van der Waals surface area contributed by atoms with Crippen molar-refractivity contribution in [1.29, 1.82) is 0 Å². The fourth-order valence-corrected chi connectivity index (χ4v) is 3.76. The second-order valence-electron chi connectivity index (χ2n) is 8.26. The molecule has 0 bridgehead atoms. The highest BCUT2D eigenvalue weighted by atomic mass is 19.1. The van der Waals surface area contributed by atoms with E-state index >= 15 is 0 Å². The first-order valence-electron chi connectivity index (χ1n) is 11.1. The second-order valence-corrected chi connectivity index (χ2v) is 8.26. The standard InChI is InChI=1S/C26H26FN5O3/c1-17-11-18(2)28-13-21(17)14-29-24-30-25(33)32(16-20-5-4-6-22(27)12-20)26(34)31(24)15-19-7-9-23(35-3)10-8-19/h4-13H,14-16H2,1-3H3,(H,29,30,33). The van der Waals surface area contributed by atoms with E-state index in [1.165, 1.54) is 22.8 Å². The lowest BCUT2D eigenvalue weighted by atomic mass is 10.1. The minimum absolute atomic E-state index is 0.0910. The number of benzene rings is 2. The van der Waals surface area contributed by atoms with Crippen LogP contribution in [-0.2, 0) is 19.6 Å². The average Bonchev–Trinajstić information content (AvgIpc) is 2.84. The molecule has 0 spiro atoms. The van der Waals surface area contributed by atoms with Crippen LogP contribution in [-0.4, -0.2) is 26.2 Å². The third-order valence-electron chi connectivity index (χ3n) is 5.67. The number of nitrogens with one attached hydrogen (secondary N) is 1. The summed E-state index contributed by atoms with van der Waals surface area (Å²) < 4.78 is 21.3. The molecule has 0 aliphatic carbocycles. The van der Waals surface area contributed by atoms with Gasteiger partial charge in [-0.25, -0.2) is 18.5 Å². The number of pyridine rings is 1. The molecule has 0 aliphatic heterocycles. The van der Waals surface area contributed by atoms with Crippen LogP contribution in [0.3, 0.4) is 0 Å². The first-order valence-corrected chi connectivity index (χ1v) is 11.1. The maximum absolute atomic E-state index is 13.7. The molecular weight excluding hydrogens is 449 g/mol. The summed E-state index contributed by atoms with van der Waals surface area (Å²) in [6.45, 7) is 4.30. The molecule has 4 rings (SSSR count). The van der Waals surface area contributed by atoms with Gasteiger partial charge in [0, 0.05) is 18.4 Å². The van der Waals surface area contributed by atoms with Crippen LogP contribution >= 0.6 is 0 Å². The normalized spacial score (nSPS) is 10.9. The molecular formula is C26H26FN5O3. The number of rotatable bonds is 8. The first-order chi connectivity index (χ1) is 16.8. The van der Waals surface area contributed by atoms with Gasteiger partial charge in [0.15, 0.2) is 0 Å². The quantitative estimate of drug-likeness (QED) is 0.421. The van der Waals surface area contributed by atoms with E-state index in [1.54, 1.807) is 31.5 Å². The number of ether oxygens (including phenoxy) is 1. The summed E-state index contributed by atoms with van der Waals surface area (Å²) in [5.74, 6) is 0.393. The largest absolute Gasteiger partial charge is 0.497 e. The van der Waals surface area contributed by atoms with E-state index in [2.05, 4.69) is 15.3 Å². The summed E-state index contributed by atoms with van der Waals surface area (Å²) in [6.07, 6.45) is 1.76. The minimum atomic E-state index is -0.716. The highest BCUT2D eigenvalue weighted by molar-refractivity contribution is 5.33. The van der Waals surface area contributed by atoms with Crippen molar-refractivity contribution in [2.75, 3.05) is 12.4 Å². The Morgan fingerprint density at radius 3 is 2.40 bits per heavy atom. The zero-order valence-electron chi connectivity index (χ0n) is 19.8. The maximum atomic E-state index is 13.7. The molecule has 1 N–H and O–H groups in total. The van der Waals surface area contributed by atoms with Gasteiger partial charge < -0.3 is 10.1 Å². The number of methoxy groups -OCH3 is 1. The number of hydrogen-bond donors (Lipinski definition) is 1. The van der Waals surface area contributed by atoms with Gasteiger partial charge in [-0.05, 0) is 66.4 Å². The number of anilines is 1. The maximum Gasteiger partial charge on any atom is 0.355 e. The lowest BCUT2D eigenvalue weighted by molar-refractivity contribution is 0.414. The molecule has 35 heavy (non-hydrogen) atoms. The number of hydrogen-bond acceptors (Lipinski definition) is 6. The minimum Gasteiger partial charge on any atom is -0.497 e. The van der Waals surface area contributed by atoms with Gasteiger partial charge in [0.05, 0.1) is 20.2 Å². The van der Waals surface area contributed by atoms with Gasteiger partial charge in [-0.15, -0.1) is 0 Å². The molecule has 0 aliphatic rings. The summed E-state index contributed by atoms with van der Waals surface area (Å²) in [6, 6.07) is 15.0. The second kappa shape index (κ2) is 10.3. The molecule has 2 aromatic carbocycles. The van der Waals surface area contributed by atoms with Gasteiger partial charge in [-0.3, -0.25) is 9.55 Å². The monoisotopic (exact) mass is 475 g/mol. The van der Waals surface area contributed by atoms with Crippen molar-refractivity contribution in [3.8, 4) is 5.75 Å². The van der Waals surface area contributed by atoms with Crippen molar-refractivity contribution in [3.63, 3.8) is 0 Å². The molecule has 2 heterocycles. The Morgan fingerprint density at radius 1 is 0.971 bits per heavy atom. The predicted molar refractivity (Wildman–Crippen MR) is 131 cm³/mol. The van der Waals surface area contributed by atoms with E-state index in [9.17, 15) is 14.0 Å². The first kappa shape index (κ1) is 23.9. The summed E-state index contributed by atoms with van der Waals surface area (Å²) >= 11 is 0. The van der Waals surface area contributed by atoms with E-state index < -0.39 is 17.2 Å². The van der Waals surface area contributed by atoms with Gasteiger partial charge in [0.2, 0.25) is 5.95 Å². The van der Waals surface area contributed by atoms with E-state index in [0.29, 0.717) is 17.9 Å². The fraction of sp³-hybridized carbons (Fsp3) is 0.231. The van der Waals surface area contributed by atoms with Crippen LogP contribution in [0, 0.1) is 19.7 Å². The van der Waals surface area contributed by atoms with Crippen molar-refractivity contribution in [1.82, 2.24) is 19.1 Å². The molecule has 0 unspecified atom stereocenters. The van der Waals surface area contributed by atoms with Crippen molar-refractivity contribution in [3.05, 3.63) is 116 Å². The zero-order chi connectivity index (χ0) is 24.9. The fourth-order valence-electron chi connectivity index (χ4n) is 3.76. The Hall–Kier alpha value is -4.27. The van der Waals surface area contributed by atoms with Gasteiger partial charge in [0.25, 0.3) is 0 Å². The zero-order valence-corrected chi connectivity index (χ0v) is 19.8. The van der Waals surface area contributed by atoms with E-state index in [1.807, 2.05) is 32.0 Å². The third-order valence-corrected chi connectivity index (χ3v) is 5.67. The Kier molecular flexibility index (Phi) is 7.05. The average molecular weight is 476 g/mol. The van der Waals surface area contributed by atoms with Crippen LogP contribution in [0.1, 0.15) is 27.9 Å². The highest BCUT2D eigenvalue weighted by Crippen LogP contribution is 2.14. The Bertz CT molecular complexity index is 1460. The number of aromatic nitrogens is 4. The van der Waals surface area contributed by atoms with Crippen molar-refractivity contribution in [2.45, 2.75) is 33.5 Å². The molecule has 0 saturated carbocycles. The summed E-state index contributed by atoms with van der Waals surface area (Å²) in [7, 11) is 1.58. The van der Waals surface area contributed by atoms with Crippen molar-refractivity contribution < 1.29 is 9.13 Å². The summed E-state index contributed by atoms with van der Waals surface area (Å²) in [4.78, 5) is 34.8. The van der Waals surface area contributed by atoms with Gasteiger partial charge in [-0.1, -0.05) is 24.3 Å². The van der Waals surface area contributed by atoms with Gasteiger partial charge >= 0.3 is 11.4 Å².